The number of nitrogens with zero attached hydrogens (tertiary/aromatic N) is 1. The van der Waals surface area contributed by atoms with E-state index in [0.717, 1.165) is 11.1 Å². The average molecular weight is 345 g/mol. The van der Waals surface area contributed by atoms with Crippen molar-refractivity contribution in [2.24, 2.45) is 0 Å². The molecular formula is C18H19NO4S. The third-order valence-electron chi connectivity index (χ3n) is 3.45. The molecule has 24 heavy (non-hydrogen) atoms. The number of hydrogen-bond acceptors (Lipinski definition) is 4. The second kappa shape index (κ2) is 7.90. The number of carbonyl (C=O) groups is 1. The minimum absolute atomic E-state index is 0.211. The van der Waals surface area contributed by atoms with Gasteiger partial charge >= 0.3 is 5.97 Å². The van der Waals surface area contributed by atoms with Gasteiger partial charge in [-0.2, -0.15) is 4.31 Å². The van der Waals surface area contributed by atoms with E-state index in [0.29, 0.717) is 5.56 Å². The van der Waals surface area contributed by atoms with E-state index in [4.69, 9.17) is 0 Å². The predicted molar refractivity (Wildman–Crippen MR) is 93.6 cm³/mol. The van der Waals surface area contributed by atoms with Crippen molar-refractivity contribution in [1.82, 2.24) is 4.31 Å². The maximum absolute atomic E-state index is 12.3. The fourth-order valence-corrected chi connectivity index (χ4v) is 2.91. The molecule has 2 aromatic rings. The molecule has 0 spiro atoms. The Morgan fingerprint density at radius 1 is 1.08 bits per heavy atom. The van der Waals surface area contributed by atoms with Crippen LogP contribution in [0.4, 0.5) is 0 Å². The Kier molecular flexibility index (Phi) is 5.89. The van der Waals surface area contributed by atoms with Crippen molar-refractivity contribution in [2.45, 2.75) is 6.54 Å². The van der Waals surface area contributed by atoms with Gasteiger partial charge in [0.1, 0.15) is 0 Å². The molecule has 0 saturated heterocycles. The van der Waals surface area contributed by atoms with Gasteiger partial charge in [-0.1, -0.05) is 42.5 Å². The SMILES string of the molecule is COC(=O)c1ccc(CN(C)S(=O)(=O)/C=C/c2ccccc2)cc1. The summed E-state index contributed by atoms with van der Waals surface area (Å²) in [4.78, 5) is 11.4. The van der Waals surface area contributed by atoms with Gasteiger partial charge in [0, 0.05) is 19.0 Å². The Labute approximate surface area is 142 Å². The fraction of sp³-hybridized carbons (Fsp3) is 0.167. The summed E-state index contributed by atoms with van der Waals surface area (Å²) in [5.41, 5.74) is 2.02. The number of benzene rings is 2. The lowest BCUT2D eigenvalue weighted by atomic mass is 10.1. The number of methoxy groups -OCH3 is 1. The second-order valence-corrected chi connectivity index (χ2v) is 7.13. The molecule has 0 aliphatic heterocycles. The van der Waals surface area contributed by atoms with Crippen LogP contribution in [0.15, 0.2) is 60.0 Å². The first-order valence-corrected chi connectivity index (χ1v) is 8.79. The fourth-order valence-electron chi connectivity index (χ4n) is 2.04. The van der Waals surface area contributed by atoms with E-state index in [1.165, 1.54) is 23.9 Å². The molecule has 2 rings (SSSR count). The highest BCUT2D eigenvalue weighted by Crippen LogP contribution is 2.12. The van der Waals surface area contributed by atoms with Gasteiger partial charge in [0.2, 0.25) is 10.0 Å². The zero-order valence-electron chi connectivity index (χ0n) is 13.5. The summed E-state index contributed by atoms with van der Waals surface area (Å²) in [5, 5.41) is 1.19. The van der Waals surface area contributed by atoms with Gasteiger partial charge in [-0.05, 0) is 29.3 Å². The van der Waals surface area contributed by atoms with Crippen molar-refractivity contribution in [2.75, 3.05) is 14.2 Å². The summed E-state index contributed by atoms with van der Waals surface area (Å²) in [6.07, 6.45) is 1.56. The van der Waals surface area contributed by atoms with Crippen molar-refractivity contribution in [3.8, 4) is 0 Å². The molecule has 0 fully saturated rings. The summed E-state index contributed by atoms with van der Waals surface area (Å²) in [7, 11) is -0.699. The molecule has 0 N–H and O–H groups in total. The highest BCUT2D eigenvalue weighted by molar-refractivity contribution is 7.92. The van der Waals surface area contributed by atoms with Crippen molar-refractivity contribution in [3.63, 3.8) is 0 Å². The van der Waals surface area contributed by atoms with Crippen molar-refractivity contribution >= 4 is 22.1 Å². The van der Waals surface area contributed by atoms with Crippen molar-refractivity contribution in [1.29, 1.82) is 0 Å². The maximum Gasteiger partial charge on any atom is 0.337 e. The van der Waals surface area contributed by atoms with Crippen molar-refractivity contribution in [3.05, 3.63) is 76.7 Å². The maximum atomic E-state index is 12.3. The van der Waals surface area contributed by atoms with E-state index in [1.807, 2.05) is 30.3 Å². The van der Waals surface area contributed by atoms with Crippen LogP contribution in [-0.4, -0.2) is 32.8 Å². The third kappa shape index (κ3) is 4.78. The lowest BCUT2D eigenvalue weighted by Gasteiger charge is -2.14. The largest absolute Gasteiger partial charge is 0.465 e. The van der Waals surface area contributed by atoms with Gasteiger partial charge in [-0.25, -0.2) is 13.2 Å². The van der Waals surface area contributed by atoms with E-state index in [1.54, 1.807) is 30.3 Å². The van der Waals surface area contributed by atoms with Crippen LogP contribution >= 0.6 is 0 Å². The smallest absolute Gasteiger partial charge is 0.337 e. The molecule has 0 aromatic heterocycles. The number of ether oxygens (including phenoxy) is 1. The van der Waals surface area contributed by atoms with Crippen LogP contribution in [-0.2, 0) is 21.3 Å². The van der Waals surface area contributed by atoms with Gasteiger partial charge < -0.3 is 4.74 Å². The van der Waals surface area contributed by atoms with Crippen LogP contribution in [0.5, 0.6) is 0 Å². The number of hydrogen-bond donors (Lipinski definition) is 0. The molecule has 0 aliphatic rings. The Morgan fingerprint density at radius 2 is 1.71 bits per heavy atom. The first-order valence-electron chi connectivity index (χ1n) is 7.29. The molecule has 0 aliphatic carbocycles. The van der Waals surface area contributed by atoms with E-state index >= 15 is 0 Å². The zero-order valence-corrected chi connectivity index (χ0v) is 14.4. The lowest BCUT2D eigenvalue weighted by Crippen LogP contribution is -2.24. The second-order valence-electron chi connectivity index (χ2n) is 5.20. The Hall–Kier alpha value is -2.44. The molecule has 6 heteroatoms. The van der Waals surface area contributed by atoms with Crippen LogP contribution in [0.2, 0.25) is 0 Å². The van der Waals surface area contributed by atoms with E-state index in [-0.39, 0.29) is 6.54 Å². The predicted octanol–water partition coefficient (Wildman–Crippen LogP) is 2.91. The van der Waals surface area contributed by atoms with Crippen LogP contribution < -0.4 is 0 Å². The molecule has 0 bridgehead atoms. The molecule has 2 aromatic carbocycles. The lowest BCUT2D eigenvalue weighted by molar-refractivity contribution is 0.0600. The summed E-state index contributed by atoms with van der Waals surface area (Å²) < 4.78 is 30.5. The molecular weight excluding hydrogens is 326 g/mol. The highest BCUT2D eigenvalue weighted by atomic mass is 32.2. The standard InChI is InChI=1S/C18H19NO4S/c1-19(14-16-8-10-17(11-9-16)18(20)23-2)24(21,22)13-12-15-6-4-3-5-7-15/h3-13H,14H2,1-2H3/b13-12+. The molecule has 0 heterocycles. The molecule has 0 saturated carbocycles. The normalized spacial score (nSPS) is 11.8. The monoisotopic (exact) mass is 345 g/mol. The van der Waals surface area contributed by atoms with Crippen molar-refractivity contribution < 1.29 is 17.9 Å². The first kappa shape index (κ1) is 17.9. The topological polar surface area (TPSA) is 63.7 Å². The van der Waals surface area contributed by atoms with Crippen LogP contribution in [0.1, 0.15) is 21.5 Å². The van der Waals surface area contributed by atoms with E-state index in [9.17, 15) is 13.2 Å². The van der Waals surface area contributed by atoms with Gasteiger partial charge in [0.15, 0.2) is 0 Å². The third-order valence-corrected chi connectivity index (χ3v) is 4.92. The summed E-state index contributed by atoms with van der Waals surface area (Å²) in [6, 6.07) is 15.9. The molecule has 0 radical (unpaired) electrons. The van der Waals surface area contributed by atoms with E-state index in [2.05, 4.69) is 4.74 Å². The molecule has 126 valence electrons. The Morgan fingerprint density at radius 3 is 2.29 bits per heavy atom. The number of esters is 1. The minimum atomic E-state index is -3.53. The summed E-state index contributed by atoms with van der Waals surface area (Å²) in [6.45, 7) is 0.211. The van der Waals surface area contributed by atoms with Crippen LogP contribution in [0.25, 0.3) is 6.08 Å². The first-order chi connectivity index (χ1) is 11.4. The van der Waals surface area contributed by atoms with Gasteiger partial charge in [0.25, 0.3) is 0 Å². The highest BCUT2D eigenvalue weighted by Gasteiger charge is 2.15. The number of rotatable bonds is 6. The minimum Gasteiger partial charge on any atom is -0.465 e. The zero-order chi connectivity index (χ0) is 17.6. The Balaban J connectivity index is 2.06. The number of carbonyl (C=O) groups excluding carboxylic acids is 1. The Bertz CT molecular complexity index is 812. The number of sulfonamides is 1. The molecule has 0 atom stereocenters. The summed E-state index contributed by atoms with van der Waals surface area (Å²) >= 11 is 0. The average Bonchev–Trinajstić information content (AvgIpc) is 2.61. The quantitative estimate of drug-likeness (QED) is 0.755. The van der Waals surface area contributed by atoms with Gasteiger partial charge in [0.05, 0.1) is 12.7 Å². The summed E-state index contributed by atoms with van der Waals surface area (Å²) in [5.74, 6) is -0.423. The van der Waals surface area contributed by atoms with Gasteiger partial charge in [-0.15, -0.1) is 0 Å². The molecule has 0 amide bonds. The van der Waals surface area contributed by atoms with Gasteiger partial charge in [-0.3, -0.25) is 0 Å². The van der Waals surface area contributed by atoms with Crippen LogP contribution in [0.3, 0.4) is 0 Å². The molecule has 5 nitrogen and oxygen atoms in total. The molecule has 0 unspecified atom stereocenters. The van der Waals surface area contributed by atoms with Crippen LogP contribution in [0, 0.1) is 0 Å². The van der Waals surface area contributed by atoms with E-state index < -0.39 is 16.0 Å².